The standard InChI is InChI=1S/C20H26N2O3/c1-4-18(23)22(12-16-6-5-9-25-16)11-15-10-17-13(2)7-8-14(3)19(17)21-20(15)24/h7-8,10,16H,4-6,9,11-12H2,1-3H3,(H,21,24)/t16-/m0/s1. The first-order chi connectivity index (χ1) is 12.0. The number of amides is 1. The number of ether oxygens (including phenoxy) is 1. The van der Waals surface area contributed by atoms with E-state index in [-0.39, 0.29) is 17.6 Å². The topological polar surface area (TPSA) is 62.4 Å². The van der Waals surface area contributed by atoms with Crippen molar-refractivity contribution in [2.75, 3.05) is 13.2 Å². The number of nitrogens with zero attached hydrogens (tertiary/aromatic N) is 1. The zero-order valence-electron chi connectivity index (χ0n) is 15.2. The molecule has 2 aromatic rings. The second-order valence-electron chi connectivity index (χ2n) is 6.87. The molecule has 1 N–H and O–H groups in total. The molecular formula is C20H26N2O3. The van der Waals surface area contributed by atoms with Crippen LogP contribution >= 0.6 is 0 Å². The largest absolute Gasteiger partial charge is 0.376 e. The van der Waals surface area contributed by atoms with Gasteiger partial charge in [0.15, 0.2) is 0 Å². The molecule has 1 atom stereocenters. The molecule has 134 valence electrons. The minimum Gasteiger partial charge on any atom is -0.376 e. The normalized spacial score (nSPS) is 17.2. The highest BCUT2D eigenvalue weighted by atomic mass is 16.5. The minimum atomic E-state index is -0.123. The Hall–Kier alpha value is -2.14. The number of benzene rings is 1. The lowest BCUT2D eigenvalue weighted by Crippen LogP contribution is -2.38. The number of aryl methyl sites for hydroxylation is 2. The van der Waals surface area contributed by atoms with Crippen LogP contribution in [0.15, 0.2) is 23.0 Å². The molecule has 1 fully saturated rings. The molecular weight excluding hydrogens is 316 g/mol. The highest BCUT2D eigenvalue weighted by molar-refractivity contribution is 5.85. The van der Waals surface area contributed by atoms with E-state index in [1.807, 2.05) is 32.9 Å². The van der Waals surface area contributed by atoms with E-state index in [0.29, 0.717) is 25.1 Å². The van der Waals surface area contributed by atoms with Crippen LogP contribution < -0.4 is 5.56 Å². The summed E-state index contributed by atoms with van der Waals surface area (Å²) in [6.07, 6.45) is 2.52. The van der Waals surface area contributed by atoms with Crippen molar-refractivity contribution in [3.63, 3.8) is 0 Å². The van der Waals surface area contributed by atoms with Gasteiger partial charge in [-0.25, -0.2) is 0 Å². The number of fused-ring (bicyclic) bond motifs is 1. The maximum absolute atomic E-state index is 12.6. The Bertz CT molecular complexity index is 835. The third-order valence-electron chi connectivity index (χ3n) is 4.98. The van der Waals surface area contributed by atoms with Crippen molar-refractivity contribution in [1.29, 1.82) is 0 Å². The Labute approximate surface area is 148 Å². The molecule has 1 aliphatic rings. The summed E-state index contributed by atoms with van der Waals surface area (Å²) < 4.78 is 5.67. The molecule has 3 rings (SSSR count). The third-order valence-corrected chi connectivity index (χ3v) is 4.98. The molecule has 1 aliphatic heterocycles. The Morgan fingerprint density at radius 1 is 1.32 bits per heavy atom. The maximum Gasteiger partial charge on any atom is 0.253 e. The van der Waals surface area contributed by atoms with Gasteiger partial charge in [0.2, 0.25) is 5.91 Å². The van der Waals surface area contributed by atoms with Crippen molar-refractivity contribution in [1.82, 2.24) is 9.88 Å². The second-order valence-corrected chi connectivity index (χ2v) is 6.87. The van der Waals surface area contributed by atoms with Gasteiger partial charge in [-0.2, -0.15) is 0 Å². The predicted octanol–water partition coefficient (Wildman–Crippen LogP) is 3.06. The average molecular weight is 342 g/mol. The molecule has 0 spiro atoms. The van der Waals surface area contributed by atoms with Gasteiger partial charge < -0.3 is 14.6 Å². The molecule has 1 aromatic carbocycles. The van der Waals surface area contributed by atoms with Crippen molar-refractivity contribution in [3.8, 4) is 0 Å². The molecule has 0 unspecified atom stereocenters. The van der Waals surface area contributed by atoms with E-state index in [1.165, 1.54) is 0 Å². The van der Waals surface area contributed by atoms with Crippen molar-refractivity contribution < 1.29 is 9.53 Å². The summed E-state index contributed by atoms with van der Waals surface area (Å²) in [4.78, 5) is 29.7. The Morgan fingerprint density at radius 2 is 2.08 bits per heavy atom. The molecule has 0 bridgehead atoms. The Kier molecular flexibility index (Phi) is 5.23. The van der Waals surface area contributed by atoms with Gasteiger partial charge >= 0.3 is 0 Å². The van der Waals surface area contributed by atoms with Gasteiger partial charge in [0.05, 0.1) is 18.2 Å². The number of pyridine rings is 1. The highest BCUT2D eigenvalue weighted by Gasteiger charge is 2.23. The van der Waals surface area contributed by atoms with Crippen LogP contribution in [0.1, 0.15) is 42.9 Å². The van der Waals surface area contributed by atoms with Crippen molar-refractivity contribution in [3.05, 3.63) is 45.2 Å². The van der Waals surface area contributed by atoms with E-state index in [4.69, 9.17) is 4.74 Å². The van der Waals surface area contributed by atoms with E-state index in [0.717, 1.165) is 41.5 Å². The molecule has 0 saturated carbocycles. The summed E-state index contributed by atoms with van der Waals surface area (Å²) in [6.45, 7) is 7.51. The fourth-order valence-corrected chi connectivity index (χ4v) is 3.45. The first-order valence-electron chi connectivity index (χ1n) is 9.01. The van der Waals surface area contributed by atoms with E-state index in [9.17, 15) is 9.59 Å². The summed E-state index contributed by atoms with van der Waals surface area (Å²) in [7, 11) is 0. The molecule has 5 nitrogen and oxygen atoms in total. The zero-order chi connectivity index (χ0) is 18.0. The number of aromatic nitrogens is 1. The number of nitrogens with one attached hydrogen (secondary N) is 1. The van der Waals surface area contributed by atoms with Gasteiger partial charge in [0, 0.05) is 30.5 Å². The van der Waals surface area contributed by atoms with Crippen LogP contribution in [0.3, 0.4) is 0 Å². The Morgan fingerprint density at radius 3 is 2.76 bits per heavy atom. The first kappa shape index (κ1) is 17.7. The van der Waals surface area contributed by atoms with Gasteiger partial charge in [-0.3, -0.25) is 9.59 Å². The van der Waals surface area contributed by atoms with Crippen molar-refractivity contribution in [2.45, 2.75) is 52.7 Å². The van der Waals surface area contributed by atoms with Crippen LogP contribution in [0.25, 0.3) is 10.9 Å². The van der Waals surface area contributed by atoms with Gasteiger partial charge in [-0.1, -0.05) is 19.1 Å². The van der Waals surface area contributed by atoms with Crippen LogP contribution in [-0.4, -0.2) is 35.0 Å². The van der Waals surface area contributed by atoms with E-state index < -0.39 is 0 Å². The van der Waals surface area contributed by atoms with Crippen LogP contribution in [0.2, 0.25) is 0 Å². The number of rotatable bonds is 5. The lowest BCUT2D eigenvalue weighted by Gasteiger charge is -2.25. The van der Waals surface area contributed by atoms with E-state index >= 15 is 0 Å². The number of carbonyl (C=O) groups excluding carboxylic acids is 1. The monoisotopic (exact) mass is 342 g/mol. The Balaban J connectivity index is 1.93. The predicted molar refractivity (Wildman–Crippen MR) is 98.7 cm³/mol. The van der Waals surface area contributed by atoms with Crippen LogP contribution in [0, 0.1) is 13.8 Å². The van der Waals surface area contributed by atoms with E-state index in [1.54, 1.807) is 4.90 Å². The van der Waals surface area contributed by atoms with Gasteiger partial charge in [-0.05, 0) is 43.9 Å². The molecule has 1 saturated heterocycles. The maximum atomic E-state index is 12.6. The summed E-state index contributed by atoms with van der Waals surface area (Å²) in [5, 5.41) is 1.04. The molecule has 1 amide bonds. The fraction of sp³-hybridized carbons (Fsp3) is 0.500. The SMILES string of the molecule is CCC(=O)N(Cc1cc2c(C)ccc(C)c2[nH]c1=O)C[C@@H]1CCCO1. The third kappa shape index (κ3) is 3.76. The quantitative estimate of drug-likeness (QED) is 0.908. The highest BCUT2D eigenvalue weighted by Crippen LogP contribution is 2.21. The van der Waals surface area contributed by atoms with Crippen molar-refractivity contribution >= 4 is 16.8 Å². The molecule has 0 aliphatic carbocycles. The molecule has 25 heavy (non-hydrogen) atoms. The van der Waals surface area contributed by atoms with E-state index in [2.05, 4.69) is 11.1 Å². The summed E-state index contributed by atoms with van der Waals surface area (Å²) in [6, 6.07) is 6.00. The minimum absolute atomic E-state index is 0.0518. The summed E-state index contributed by atoms with van der Waals surface area (Å²) in [5.41, 5.74) is 3.54. The van der Waals surface area contributed by atoms with Crippen LogP contribution in [-0.2, 0) is 16.1 Å². The number of hydrogen-bond acceptors (Lipinski definition) is 3. The average Bonchev–Trinajstić information content (AvgIpc) is 3.11. The molecule has 1 aromatic heterocycles. The van der Waals surface area contributed by atoms with Gasteiger partial charge in [0.1, 0.15) is 0 Å². The van der Waals surface area contributed by atoms with Crippen LogP contribution in [0.5, 0.6) is 0 Å². The lowest BCUT2D eigenvalue weighted by molar-refractivity contribution is -0.133. The smallest absolute Gasteiger partial charge is 0.253 e. The van der Waals surface area contributed by atoms with Crippen molar-refractivity contribution in [2.24, 2.45) is 0 Å². The fourth-order valence-electron chi connectivity index (χ4n) is 3.45. The number of aromatic amines is 1. The molecule has 2 heterocycles. The van der Waals surface area contributed by atoms with Gasteiger partial charge in [0.25, 0.3) is 5.56 Å². The number of H-pyrrole nitrogens is 1. The van der Waals surface area contributed by atoms with Gasteiger partial charge in [-0.15, -0.1) is 0 Å². The first-order valence-corrected chi connectivity index (χ1v) is 9.01. The molecule has 5 heteroatoms. The zero-order valence-corrected chi connectivity index (χ0v) is 15.2. The summed E-state index contributed by atoms with van der Waals surface area (Å²) >= 11 is 0. The number of carbonyl (C=O) groups is 1. The second kappa shape index (κ2) is 7.40. The number of hydrogen-bond donors (Lipinski definition) is 1. The lowest BCUT2D eigenvalue weighted by atomic mass is 10.0. The molecule has 0 radical (unpaired) electrons. The van der Waals surface area contributed by atoms with Crippen LogP contribution in [0.4, 0.5) is 0 Å². The summed E-state index contributed by atoms with van der Waals surface area (Å²) in [5.74, 6) is 0.0518.